The highest BCUT2D eigenvalue weighted by molar-refractivity contribution is 9.10. The van der Waals surface area contributed by atoms with Gasteiger partial charge >= 0.3 is 5.91 Å². The molecule has 0 radical (unpaired) electrons. The summed E-state index contributed by atoms with van der Waals surface area (Å²) in [6.45, 7) is 2.50. The lowest BCUT2D eigenvalue weighted by Gasteiger charge is -2.06. The first-order chi connectivity index (χ1) is 14.1. The van der Waals surface area contributed by atoms with Crippen LogP contribution in [0, 0.1) is 0 Å². The molecule has 2 heterocycles. The average molecular weight is 452 g/mol. The third-order valence-corrected chi connectivity index (χ3v) is 4.80. The molecule has 6 nitrogen and oxygen atoms in total. The molecular weight excluding hydrogens is 434 g/mol. The van der Waals surface area contributed by atoms with Gasteiger partial charge in [0.05, 0.1) is 18.5 Å². The van der Waals surface area contributed by atoms with Crippen molar-refractivity contribution in [2.75, 3.05) is 6.61 Å². The Morgan fingerprint density at radius 3 is 2.83 bits per heavy atom. The number of nitrogens with one attached hydrogen (secondary N) is 1. The topological polar surface area (TPSA) is 68.8 Å². The lowest BCUT2D eigenvalue weighted by atomic mass is 10.2. The number of hydrogen-bond donors (Lipinski definition) is 1. The Balaban J connectivity index is 1.47. The molecule has 7 heteroatoms. The summed E-state index contributed by atoms with van der Waals surface area (Å²) in [5.74, 6) is 0.505. The zero-order valence-electron chi connectivity index (χ0n) is 15.6. The van der Waals surface area contributed by atoms with E-state index in [0.29, 0.717) is 12.2 Å². The fourth-order valence-corrected chi connectivity index (χ4v) is 3.20. The molecule has 0 aliphatic carbocycles. The Hall–Kier alpha value is -3.32. The molecule has 0 saturated heterocycles. The highest BCUT2D eigenvalue weighted by Gasteiger charge is 2.12. The van der Waals surface area contributed by atoms with Gasteiger partial charge in [0.15, 0.2) is 5.76 Å². The van der Waals surface area contributed by atoms with Gasteiger partial charge in [-0.15, -0.1) is 0 Å². The van der Waals surface area contributed by atoms with Crippen molar-refractivity contribution in [3.8, 4) is 11.4 Å². The van der Waals surface area contributed by atoms with Crippen LogP contribution in [0.4, 0.5) is 0 Å². The number of rotatable bonds is 6. The van der Waals surface area contributed by atoms with E-state index in [4.69, 9.17) is 9.15 Å². The summed E-state index contributed by atoms with van der Waals surface area (Å²) in [5, 5.41) is 4.87. The summed E-state index contributed by atoms with van der Waals surface area (Å²) in [5.41, 5.74) is 4.95. The number of aromatic nitrogens is 1. The number of halogens is 1. The van der Waals surface area contributed by atoms with Crippen molar-refractivity contribution in [3.05, 3.63) is 82.8 Å². The number of ether oxygens (including phenoxy) is 1. The molecule has 0 bridgehead atoms. The summed E-state index contributed by atoms with van der Waals surface area (Å²) in [4.78, 5) is 12.4. The molecule has 29 heavy (non-hydrogen) atoms. The summed E-state index contributed by atoms with van der Waals surface area (Å²) in [7, 11) is 0. The van der Waals surface area contributed by atoms with Crippen LogP contribution >= 0.6 is 15.9 Å². The highest BCUT2D eigenvalue weighted by Crippen LogP contribution is 2.24. The van der Waals surface area contributed by atoms with Crippen LogP contribution in [0.25, 0.3) is 16.7 Å². The largest absolute Gasteiger partial charge is 0.494 e. The molecule has 4 aromatic rings. The number of furan rings is 1. The van der Waals surface area contributed by atoms with Crippen molar-refractivity contribution in [3.63, 3.8) is 0 Å². The van der Waals surface area contributed by atoms with Crippen LogP contribution in [0.1, 0.15) is 23.2 Å². The number of hydrogen-bond acceptors (Lipinski definition) is 4. The SMILES string of the molecule is CCOc1ccc2oc(C(=O)N/N=C/c3cccn3-c3ccc(Br)cc3)cc2c1. The highest BCUT2D eigenvalue weighted by atomic mass is 79.9. The van der Waals surface area contributed by atoms with E-state index in [2.05, 4.69) is 26.5 Å². The molecule has 2 aromatic heterocycles. The summed E-state index contributed by atoms with van der Waals surface area (Å²) >= 11 is 3.43. The quantitative estimate of drug-likeness (QED) is 0.325. The molecular formula is C22H18BrN3O3. The minimum atomic E-state index is -0.419. The fraction of sp³-hybridized carbons (Fsp3) is 0.0909. The van der Waals surface area contributed by atoms with Crippen molar-refractivity contribution in [1.29, 1.82) is 0 Å². The lowest BCUT2D eigenvalue weighted by molar-refractivity contribution is 0.0929. The third-order valence-electron chi connectivity index (χ3n) is 4.27. The Morgan fingerprint density at radius 1 is 1.21 bits per heavy atom. The smallest absolute Gasteiger partial charge is 0.307 e. The lowest BCUT2D eigenvalue weighted by Crippen LogP contribution is -2.17. The van der Waals surface area contributed by atoms with E-state index >= 15 is 0 Å². The minimum absolute atomic E-state index is 0.189. The van der Waals surface area contributed by atoms with Crippen LogP contribution in [-0.2, 0) is 0 Å². The van der Waals surface area contributed by atoms with Gasteiger partial charge in [-0.1, -0.05) is 15.9 Å². The molecule has 0 unspecified atom stereocenters. The van der Waals surface area contributed by atoms with Crippen LogP contribution in [-0.4, -0.2) is 23.3 Å². The van der Waals surface area contributed by atoms with Gasteiger partial charge in [-0.3, -0.25) is 4.79 Å². The van der Waals surface area contributed by atoms with Gasteiger partial charge in [-0.2, -0.15) is 5.10 Å². The molecule has 0 fully saturated rings. The van der Waals surface area contributed by atoms with Gasteiger partial charge in [0.2, 0.25) is 0 Å². The first kappa shape index (κ1) is 19.0. The summed E-state index contributed by atoms with van der Waals surface area (Å²) in [6.07, 6.45) is 3.53. The Kier molecular flexibility index (Phi) is 5.48. The van der Waals surface area contributed by atoms with Gasteiger partial charge in [-0.25, -0.2) is 5.43 Å². The van der Waals surface area contributed by atoms with E-state index in [0.717, 1.165) is 27.0 Å². The molecule has 0 atom stereocenters. The monoisotopic (exact) mass is 451 g/mol. The van der Waals surface area contributed by atoms with Gasteiger partial charge in [0.1, 0.15) is 11.3 Å². The zero-order valence-corrected chi connectivity index (χ0v) is 17.2. The number of fused-ring (bicyclic) bond motifs is 1. The van der Waals surface area contributed by atoms with Crippen LogP contribution in [0.2, 0.25) is 0 Å². The van der Waals surface area contributed by atoms with E-state index in [1.807, 2.05) is 66.2 Å². The van der Waals surface area contributed by atoms with Crippen LogP contribution in [0.15, 0.2) is 80.9 Å². The summed E-state index contributed by atoms with van der Waals surface area (Å²) < 4.78 is 14.1. The van der Waals surface area contributed by atoms with Crippen molar-refractivity contribution in [2.45, 2.75) is 6.92 Å². The maximum Gasteiger partial charge on any atom is 0.307 e. The van der Waals surface area contributed by atoms with E-state index in [-0.39, 0.29) is 5.76 Å². The van der Waals surface area contributed by atoms with E-state index in [1.54, 1.807) is 18.3 Å². The van der Waals surface area contributed by atoms with Gasteiger partial charge in [0.25, 0.3) is 0 Å². The van der Waals surface area contributed by atoms with E-state index in [9.17, 15) is 4.79 Å². The number of benzene rings is 2. The first-order valence-corrected chi connectivity index (χ1v) is 9.86. The number of hydrazone groups is 1. The Morgan fingerprint density at radius 2 is 2.03 bits per heavy atom. The average Bonchev–Trinajstić information content (AvgIpc) is 3.35. The second kappa shape index (κ2) is 8.36. The van der Waals surface area contributed by atoms with Crippen molar-refractivity contribution >= 4 is 39.0 Å². The van der Waals surface area contributed by atoms with Gasteiger partial charge < -0.3 is 13.7 Å². The third kappa shape index (κ3) is 4.25. The molecule has 0 aliphatic heterocycles. The second-order valence-electron chi connectivity index (χ2n) is 6.22. The standard InChI is InChI=1S/C22H18BrN3O3/c1-2-28-19-9-10-20-15(12-19)13-21(29-20)22(27)25-24-14-18-4-3-11-26(18)17-7-5-16(23)6-8-17/h3-14H,2H2,1H3,(H,25,27)/b24-14+. The number of carbonyl (C=O) groups excluding carboxylic acids is 1. The minimum Gasteiger partial charge on any atom is -0.494 e. The molecule has 0 spiro atoms. The Bertz CT molecular complexity index is 1180. The fourth-order valence-electron chi connectivity index (χ4n) is 2.94. The number of nitrogens with zero attached hydrogens (tertiary/aromatic N) is 2. The maximum atomic E-state index is 12.4. The molecule has 0 saturated carbocycles. The second-order valence-corrected chi connectivity index (χ2v) is 7.14. The number of amides is 1. The summed E-state index contributed by atoms with van der Waals surface area (Å²) in [6, 6.07) is 18.9. The van der Waals surface area contributed by atoms with Crippen molar-refractivity contribution in [2.24, 2.45) is 5.10 Å². The van der Waals surface area contributed by atoms with Crippen LogP contribution in [0.5, 0.6) is 5.75 Å². The number of carbonyl (C=O) groups is 1. The molecule has 1 amide bonds. The van der Waals surface area contributed by atoms with Crippen molar-refractivity contribution in [1.82, 2.24) is 9.99 Å². The van der Waals surface area contributed by atoms with Crippen molar-refractivity contribution < 1.29 is 13.9 Å². The molecule has 4 rings (SSSR count). The van der Waals surface area contributed by atoms with E-state index < -0.39 is 5.91 Å². The maximum absolute atomic E-state index is 12.4. The van der Waals surface area contributed by atoms with Crippen LogP contribution in [0.3, 0.4) is 0 Å². The molecule has 1 N–H and O–H groups in total. The Labute approximate surface area is 175 Å². The first-order valence-electron chi connectivity index (χ1n) is 9.07. The normalized spacial score (nSPS) is 11.2. The van der Waals surface area contributed by atoms with E-state index in [1.165, 1.54) is 0 Å². The predicted octanol–water partition coefficient (Wildman–Crippen LogP) is 5.15. The van der Waals surface area contributed by atoms with Crippen LogP contribution < -0.4 is 10.2 Å². The van der Waals surface area contributed by atoms with Gasteiger partial charge in [0, 0.05) is 21.7 Å². The molecule has 146 valence electrons. The molecule has 2 aromatic carbocycles. The van der Waals surface area contributed by atoms with Gasteiger partial charge in [-0.05, 0) is 67.6 Å². The molecule has 0 aliphatic rings. The predicted molar refractivity (Wildman–Crippen MR) is 116 cm³/mol. The zero-order chi connectivity index (χ0) is 20.2.